The summed E-state index contributed by atoms with van der Waals surface area (Å²) in [6.45, 7) is 5.07. The van der Waals surface area contributed by atoms with Gasteiger partial charge in [-0.25, -0.2) is 17.5 Å². The molecule has 1 saturated heterocycles. The Morgan fingerprint density at radius 1 is 1.40 bits per heavy atom. The summed E-state index contributed by atoms with van der Waals surface area (Å²) in [6.07, 6.45) is 0.749. The third kappa shape index (κ3) is 5.37. The van der Waals surface area contributed by atoms with Crippen molar-refractivity contribution in [1.82, 2.24) is 9.62 Å². The van der Waals surface area contributed by atoms with Gasteiger partial charge in [0.25, 0.3) is 0 Å². The number of halogens is 2. The Labute approximate surface area is 154 Å². The van der Waals surface area contributed by atoms with E-state index in [9.17, 15) is 17.6 Å². The van der Waals surface area contributed by atoms with Crippen LogP contribution >= 0.6 is 12.4 Å². The molecule has 1 aromatic rings. The van der Waals surface area contributed by atoms with Gasteiger partial charge in [0.05, 0.1) is 0 Å². The van der Waals surface area contributed by atoms with Crippen LogP contribution < -0.4 is 10.5 Å². The van der Waals surface area contributed by atoms with E-state index in [0.29, 0.717) is 13.1 Å². The number of likely N-dealkylation sites (tertiary alicyclic amines) is 1. The van der Waals surface area contributed by atoms with Crippen molar-refractivity contribution in [1.29, 1.82) is 0 Å². The highest BCUT2D eigenvalue weighted by molar-refractivity contribution is 7.89. The fourth-order valence-electron chi connectivity index (χ4n) is 2.78. The maximum atomic E-state index is 13.6. The van der Waals surface area contributed by atoms with Crippen molar-refractivity contribution >= 4 is 28.3 Å². The van der Waals surface area contributed by atoms with E-state index < -0.39 is 20.7 Å². The highest BCUT2D eigenvalue weighted by Gasteiger charge is 2.35. The van der Waals surface area contributed by atoms with Gasteiger partial charge in [0.15, 0.2) is 0 Å². The summed E-state index contributed by atoms with van der Waals surface area (Å²) in [5.41, 5.74) is 5.88. The predicted molar refractivity (Wildman–Crippen MR) is 96.4 cm³/mol. The van der Waals surface area contributed by atoms with Crippen LogP contribution in [0.5, 0.6) is 0 Å². The third-order valence-electron chi connectivity index (χ3n) is 4.42. The maximum Gasteiger partial charge on any atom is 0.243 e. The van der Waals surface area contributed by atoms with Crippen LogP contribution in [0.1, 0.15) is 26.7 Å². The van der Waals surface area contributed by atoms with E-state index in [1.54, 1.807) is 4.90 Å². The Bertz CT molecular complexity index is 712. The summed E-state index contributed by atoms with van der Waals surface area (Å²) < 4.78 is 40.0. The predicted octanol–water partition coefficient (Wildman–Crippen LogP) is 1.50. The molecule has 1 amide bonds. The van der Waals surface area contributed by atoms with E-state index in [0.717, 1.165) is 12.5 Å². The zero-order chi connectivity index (χ0) is 18.0. The Hall–Kier alpha value is -1.22. The quantitative estimate of drug-likeness (QED) is 0.792. The third-order valence-corrected chi connectivity index (χ3v) is 5.92. The minimum Gasteiger partial charge on any atom is -0.342 e. The van der Waals surface area contributed by atoms with Crippen LogP contribution in [0.4, 0.5) is 4.39 Å². The van der Waals surface area contributed by atoms with Gasteiger partial charge in [-0.15, -0.1) is 12.4 Å². The average molecular weight is 394 g/mol. The topological polar surface area (TPSA) is 92.5 Å². The van der Waals surface area contributed by atoms with Crippen LogP contribution in [-0.2, 0) is 14.8 Å². The summed E-state index contributed by atoms with van der Waals surface area (Å²) >= 11 is 0. The van der Waals surface area contributed by atoms with Gasteiger partial charge < -0.3 is 10.6 Å². The number of rotatable bonds is 5. The van der Waals surface area contributed by atoms with E-state index in [1.807, 2.05) is 13.8 Å². The molecule has 6 nitrogen and oxygen atoms in total. The Morgan fingerprint density at radius 2 is 2.04 bits per heavy atom. The first-order valence-electron chi connectivity index (χ1n) is 7.91. The van der Waals surface area contributed by atoms with Crippen LogP contribution in [0.3, 0.4) is 0 Å². The second-order valence-corrected chi connectivity index (χ2v) is 8.51. The zero-order valence-electron chi connectivity index (χ0n) is 14.4. The van der Waals surface area contributed by atoms with Gasteiger partial charge in [0, 0.05) is 32.1 Å². The molecule has 25 heavy (non-hydrogen) atoms. The molecule has 0 radical (unpaired) electrons. The summed E-state index contributed by atoms with van der Waals surface area (Å²) in [5.74, 6) is -0.950. The summed E-state index contributed by atoms with van der Waals surface area (Å²) in [4.78, 5) is 13.6. The molecule has 9 heteroatoms. The molecule has 3 N–H and O–H groups in total. The number of amides is 1. The summed E-state index contributed by atoms with van der Waals surface area (Å²) in [6, 6.07) is 5.18. The average Bonchev–Trinajstić information content (AvgIpc) is 2.50. The molecule has 2 rings (SSSR count). The molecule has 0 saturated carbocycles. The van der Waals surface area contributed by atoms with Crippen LogP contribution in [0.25, 0.3) is 0 Å². The first-order valence-corrected chi connectivity index (χ1v) is 9.39. The summed E-state index contributed by atoms with van der Waals surface area (Å²) in [7, 11) is -3.96. The Kier molecular flexibility index (Phi) is 7.37. The number of hydrogen-bond acceptors (Lipinski definition) is 4. The van der Waals surface area contributed by atoms with Crippen molar-refractivity contribution in [3.05, 3.63) is 30.1 Å². The fourth-order valence-corrected chi connectivity index (χ4v) is 3.89. The lowest BCUT2D eigenvalue weighted by molar-refractivity contribution is -0.134. The maximum absolute atomic E-state index is 13.6. The lowest BCUT2D eigenvalue weighted by atomic mass is 9.79. The Balaban J connectivity index is 0.00000312. The number of carbonyl (C=O) groups excluding carboxylic acids is 1. The molecule has 142 valence electrons. The van der Waals surface area contributed by atoms with Crippen LogP contribution in [0.2, 0.25) is 0 Å². The highest BCUT2D eigenvalue weighted by atomic mass is 35.5. The number of nitrogens with one attached hydrogen (secondary N) is 1. The number of benzene rings is 1. The van der Waals surface area contributed by atoms with Crippen molar-refractivity contribution in [2.24, 2.45) is 11.1 Å². The molecule has 0 aliphatic carbocycles. The zero-order valence-corrected chi connectivity index (χ0v) is 16.0. The molecule has 1 aliphatic heterocycles. The van der Waals surface area contributed by atoms with Crippen molar-refractivity contribution in [2.45, 2.75) is 37.6 Å². The van der Waals surface area contributed by atoms with Gasteiger partial charge >= 0.3 is 0 Å². The van der Waals surface area contributed by atoms with Crippen LogP contribution in [0.15, 0.2) is 29.2 Å². The van der Waals surface area contributed by atoms with E-state index in [-0.39, 0.29) is 42.7 Å². The second-order valence-electron chi connectivity index (χ2n) is 6.78. The van der Waals surface area contributed by atoms with E-state index in [1.165, 1.54) is 18.2 Å². The molecule has 1 aliphatic rings. The molecule has 0 aromatic heterocycles. The van der Waals surface area contributed by atoms with Gasteiger partial charge in [-0.05, 0) is 24.0 Å². The van der Waals surface area contributed by atoms with Crippen molar-refractivity contribution in [3.8, 4) is 0 Å². The Morgan fingerprint density at radius 3 is 2.64 bits per heavy atom. The number of nitrogens with zero attached hydrogens (tertiary/aromatic N) is 1. The second kappa shape index (κ2) is 8.44. The molecular weight excluding hydrogens is 369 g/mol. The van der Waals surface area contributed by atoms with E-state index >= 15 is 0 Å². The van der Waals surface area contributed by atoms with Gasteiger partial charge in [-0.1, -0.05) is 26.0 Å². The molecule has 1 atom stereocenters. The lowest BCUT2D eigenvalue weighted by Crippen LogP contribution is -2.54. The van der Waals surface area contributed by atoms with Crippen molar-refractivity contribution in [2.75, 3.05) is 19.6 Å². The number of piperidine rings is 1. The molecule has 1 unspecified atom stereocenters. The van der Waals surface area contributed by atoms with Crippen LogP contribution in [-0.4, -0.2) is 44.9 Å². The summed E-state index contributed by atoms with van der Waals surface area (Å²) in [5, 5.41) is 0. The smallest absolute Gasteiger partial charge is 0.243 e. The monoisotopic (exact) mass is 393 g/mol. The van der Waals surface area contributed by atoms with Crippen molar-refractivity contribution < 1.29 is 17.6 Å². The molecular formula is C16H25ClFN3O3S. The van der Waals surface area contributed by atoms with E-state index in [2.05, 4.69) is 4.72 Å². The van der Waals surface area contributed by atoms with Gasteiger partial charge in [-0.3, -0.25) is 4.79 Å². The normalized spacial score (nSPS) is 20.0. The van der Waals surface area contributed by atoms with Gasteiger partial charge in [0.1, 0.15) is 10.7 Å². The van der Waals surface area contributed by atoms with E-state index in [4.69, 9.17) is 5.73 Å². The minimum atomic E-state index is -3.96. The number of hydrogen-bond donors (Lipinski definition) is 2. The SMILES string of the molecule is CC1(C)CN(C(=O)CCNS(=O)(=O)c2ccccc2F)CCC1N.Cl. The minimum absolute atomic E-state index is 0. The van der Waals surface area contributed by atoms with Crippen molar-refractivity contribution in [3.63, 3.8) is 0 Å². The molecule has 0 bridgehead atoms. The lowest BCUT2D eigenvalue weighted by Gasteiger charge is -2.42. The standard InChI is InChI=1S/C16H24FN3O3S.ClH/c1-16(2)11-20(10-8-14(16)18)15(21)7-9-19-24(22,23)13-6-4-3-5-12(13)17;/h3-6,14,19H,7-11,18H2,1-2H3;1H. The number of carbonyl (C=O) groups is 1. The highest BCUT2D eigenvalue weighted by Crippen LogP contribution is 2.27. The molecule has 1 aromatic carbocycles. The first-order chi connectivity index (χ1) is 11.1. The molecule has 0 spiro atoms. The van der Waals surface area contributed by atoms with Gasteiger partial charge in [0.2, 0.25) is 15.9 Å². The molecule has 1 fully saturated rings. The van der Waals surface area contributed by atoms with Crippen LogP contribution in [0, 0.1) is 11.2 Å². The number of nitrogens with two attached hydrogens (primary N) is 1. The fraction of sp³-hybridized carbons (Fsp3) is 0.562. The largest absolute Gasteiger partial charge is 0.342 e. The number of sulfonamides is 1. The first kappa shape index (κ1) is 21.8. The molecule has 1 heterocycles. The van der Waals surface area contributed by atoms with Gasteiger partial charge in [-0.2, -0.15) is 0 Å².